The highest BCUT2D eigenvalue weighted by molar-refractivity contribution is 7.71. The van der Waals surface area contributed by atoms with Crippen LogP contribution in [-0.4, -0.2) is 27.2 Å². The van der Waals surface area contributed by atoms with Crippen LogP contribution >= 0.6 is 12.2 Å². The maximum absolute atomic E-state index is 7.70. The summed E-state index contributed by atoms with van der Waals surface area (Å²) in [6.07, 6.45) is 2.54. The third-order valence-corrected chi connectivity index (χ3v) is 4.40. The topological polar surface area (TPSA) is 73.2 Å². The lowest BCUT2D eigenvalue weighted by Gasteiger charge is -2.13. The minimum atomic E-state index is 0.191. The highest BCUT2D eigenvalue weighted by Crippen LogP contribution is 2.39. The molecule has 26 heavy (non-hydrogen) atoms. The summed E-state index contributed by atoms with van der Waals surface area (Å²) in [7, 11) is 0. The van der Waals surface area contributed by atoms with Crippen LogP contribution < -0.4 is 5.73 Å². The van der Waals surface area contributed by atoms with E-state index in [2.05, 4.69) is 19.4 Å². The van der Waals surface area contributed by atoms with Crippen LogP contribution in [0.3, 0.4) is 0 Å². The summed E-state index contributed by atoms with van der Waals surface area (Å²) < 4.78 is 8.22. The smallest absolute Gasteiger partial charge is 0.235 e. The Labute approximate surface area is 157 Å². The number of aromatic amines is 1. The molecular formula is C19H21N5OS. The van der Waals surface area contributed by atoms with E-state index in [9.17, 15) is 0 Å². The van der Waals surface area contributed by atoms with Crippen LogP contribution in [0.5, 0.6) is 0 Å². The fourth-order valence-electron chi connectivity index (χ4n) is 2.99. The second kappa shape index (κ2) is 7.68. The van der Waals surface area contributed by atoms with Crippen molar-refractivity contribution in [1.29, 1.82) is 0 Å². The van der Waals surface area contributed by atoms with Gasteiger partial charge in [-0.15, -0.1) is 0 Å². The Hall–Kier alpha value is -2.69. The largest absolute Gasteiger partial charge is 0.399 e. The van der Waals surface area contributed by atoms with E-state index in [1.165, 1.54) is 0 Å². The summed E-state index contributed by atoms with van der Waals surface area (Å²) in [4.78, 5) is 11.1. The SMILES string of the molecule is [C-]#[N+]c1c(-c2ccc(N)cc2)n(CCCOC(C)C)c2c(=S)nc[nH]c12. The van der Waals surface area contributed by atoms with E-state index in [-0.39, 0.29) is 6.10 Å². The van der Waals surface area contributed by atoms with Gasteiger partial charge in [-0.05, 0) is 38.0 Å². The molecule has 0 saturated heterocycles. The number of nitrogen functional groups attached to an aromatic ring is 1. The Kier molecular flexibility index (Phi) is 5.35. The van der Waals surface area contributed by atoms with Gasteiger partial charge < -0.3 is 20.0 Å². The predicted octanol–water partition coefficient (Wildman–Crippen LogP) is 4.71. The zero-order valence-corrected chi connectivity index (χ0v) is 15.6. The Balaban J connectivity index is 2.15. The number of aromatic nitrogens is 3. The van der Waals surface area contributed by atoms with Gasteiger partial charge in [-0.3, -0.25) is 0 Å². The molecule has 0 fully saturated rings. The van der Waals surface area contributed by atoms with Crippen LogP contribution in [0, 0.1) is 11.2 Å². The molecule has 0 saturated carbocycles. The average Bonchev–Trinajstić information content (AvgIpc) is 2.94. The number of hydrogen-bond acceptors (Lipinski definition) is 4. The second-order valence-electron chi connectivity index (χ2n) is 6.29. The van der Waals surface area contributed by atoms with E-state index in [1.807, 2.05) is 38.1 Å². The molecule has 0 radical (unpaired) electrons. The Bertz CT molecular complexity index is 1010. The van der Waals surface area contributed by atoms with Crippen molar-refractivity contribution in [3.05, 3.63) is 46.7 Å². The maximum atomic E-state index is 7.70. The van der Waals surface area contributed by atoms with E-state index in [0.29, 0.717) is 29.2 Å². The molecule has 134 valence electrons. The van der Waals surface area contributed by atoms with Gasteiger partial charge in [0.2, 0.25) is 5.69 Å². The number of H-pyrrole nitrogens is 1. The average molecular weight is 367 g/mol. The number of fused-ring (bicyclic) bond motifs is 1. The van der Waals surface area contributed by atoms with Gasteiger partial charge in [0, 0.05) is 18.8 Å². The lowest BCUT2D eigenvalue weighted by atomic mass is 10.1. The maximum Gasteiger partial charge on any atom is 0.235 e. The number of rotatable bonds is 6. The Morgan fingerprint density at radius 1 is 1.35 bits per heavy atom. The molecule has 2 aromatic heterocycles. The summed E-state index contributed by atoms with van der Waals surface area (Å²) in [6, 6.07) is 7.53. The molecule has 3 rings (SSSR count). The van der Waals surface area contributed by atoms with Crippen molar-refractivity contribution in [3.63, 3.8) is 0 Å². The molecule has 3 aromatic rings. The molecular weight excluding hydrogens is 346 g/mol. The van der Waals surface area contributed by atoms with Crippen LogP contribution in [0.15, 0.2) is 30.6 Å². The number of ether oxygens (including phenoxy) is 1. The first kappa shape index (κ1) is 18.1. The lowest BCUT2D eigenvalue weighted by Crippen LogP contribution is -2.08. The van der Waals surface area contributed by atoms with Crippen LogP contribution in [0.4, 0.5) is 11.4 Å². The van der Waals surface area contributed by atoms with E-state index < -0.39 is 0 Å². The zero-order chi connectivity index (χ0) is 18.7. The summed E-state index contributed by atoms with van der Waals surface area (Å²) in [5.41, 5.74) is 10.3. The van der Waals surface area contributed by atoms with E-state index in [1.54, 1.807) is 6.33 Å². The molecule has 0 aliphatic heterocycles. The number of benzene rings is 1. The van der Waals surface area contributed by atoms with Crippen LogP contribution in [0.1, 0.15) is 20.3 Å². The molecule has 6 nitrogen and oxygen atoms in total. The number of hydrogen-bond donors (Lipinski definition) is 2. The van der Waals surface area contributed by atoms with Crippen molar-refractivity contribution < 1.29 is 4.74 Å². The third kappa shape index (κ3) is 3.47. The van der Waals surface area contributed by atoms with Crippen molar-refractivity contribution in [2.24, 2.45) is 0 Å². The Morgan fingerprint density at radius 3 is 2.73 bits per heavy atom. The molecule has 7 heteroatoms. The summed E-state index contributed by atoms with van der Waals surface area (Å²) in [6.45, 7) is 13.1. The van der Waals surface area contributed by atoms with Gasteiger partial charge in [0.05, 0.1) is 35.7 Å². The van der Waals surface area contributed by atoms with Gasteiger partial charge in [0.25, 0.3) is 0 Å². The molecule has 0 unspecified atom stereocenters. The molecule has 0 aliphatic carbocycles. The monoisotopic (exact) mass is 367 g/mol. The van der Waals surface area contributed by atoms with Crippen molar-refractivity contribution in [2.75, 3.05) is 12.3 Å². The van der Waals surface area contributed by atoms with Gasteiger partial charge in [-0.2, -0.15) is 0 Å². The van der Waals surface area contributed by atoms with Crippen molar-refractivity contribution in [1.82, 2.24) is 14.5 Å². The minimum Gasteiger partial charge on any atom is -0.399 e. The predicted molar refractivity (Wildman–Crippen MR) is 107 cm³/mol. The standard InChI is InChI=1S/C19H21N5OS/c1-12(2)25-10-4-9-24-17(13-5-7-14(20)8-6-13)15(21-3)16-18(24)19(26)23-11-22-16/h5-8,11-12H,4,9-10,20H2,1-2H3,(H,22,23,26). The van der Waals surface area contributed by atoms with Crippen molar-refractivity contribution in [3.8, 4) is 11.3 Å². The third-order valence-electron chi connectivity index (χ3n) is 4.10. The van der Waals surface area contributed by atoms with Crippen LogP contribution in [0.25, 0.3) is 27.1 Å². The van der Waals surface area contributed by atoms with E-state index in [4.69, 9.17) is 29.3 Å². The number of aryl methyl sites for hydroxylation is 1. The highest BCUT2D eigenvalue weighted by Gasteiger charge is 2.20. The van der Waals surface area contributed by atoms with Crippen LogP contribution in [0.2, 0.25) is 0 Å². The van der Waals surface area contributed by atoms with Crippen molar-refractivity contribution >= 4 is 34.6 Å². The molecule has 0 spiro atoms. The van der Waals surface area contributed by atoms with Gasteiger partial charge in [0.1, 0.15) is 0 Å². The first-order chi connectivity index (χ1) is 12.5. The molecule has 1 aromatic carbocycles. The normalized spacial score (nSPS) is 11.2. The molecule has 0 aliphatic rings. The van der Waals surface area contributed by atoms with Gasteiger partial charge >= 0.3 is 0 Å². The lowest BCUT2D eigenvalue weighted by molar-refractivity contribution is 0.0751. The fourth-order valence-corrected chi connectivity index (χ4v) is 3.25. The van der Waals surface area contributed by atoms with Crippen molar-refractivity contribution in [2.45, 2.75) is 32.9 Å². The quantitative estimate of drug-likeness (QED) is 0.286. The van der Waals surface area contributed by atoms with Gasteiger partial charge in [-0.25, -0.2) is 9.83 Å². The van der Waals surface area contributed by atoms with E-state index >= 15 is 0 Å². The van der Waals surface area contributed by atoms with Gasteiger partial charge in [-0.1, -0.05) is 24.4 Å². The second-order valence-corrected chi connectivity index (χ2v) is 6.67. The minimum absolute atomic E-state index is 0.191. The molecule has 2 heterocycles. The molecule has 3 N–H and O–H groups in total. The number of nitrogens with one attached hydrogen (secondary N) is 1. The molecule has 0 atom stereocenters. The first-order valence-corrected chi connectivity index (χ1v) is 8.88. The zero-order valence-electron chi connectivity index (χ0n) is 14.8. The fraction of sp³-hybridized carbons (Fsp3) is 0.316. The summed E-state index contributed by atoms with van der Waals surface area (Å²) in [5, 5.41) is 0. The number of anilines is 1. The first-order valence-electron chi connectivity index (χ1n) is 8.47. The van der Waals surface area contributed by atoms with Gasteiger partial charge in [0.15, 0.2) is 4.64 Å². The Morgan fingerprint density at radius 2 is 2.08 bits per heavy atom. The summed E-state index contributed by atoms with van der Waals surface area (Å²) in [5.74, 6) is 0. The number of nitrogens with two attached hydrogens (primary N) is 1. The number of nitrogens with zero attached hydrogens (tertiary/aromatic N) is 3. The summed E-state index contributed by atoms with van der Waals surface area (Å²) >= 11 is 5.45. The molecule has 0 amide bonds. The van der Waals surface area contributed by atoms with Crippen LogP contribution in [-0.2, 0) is 11.3 Å². The highest BCUT2D eigenvalue weighted by atomic mass is 32.1. The molecule has 0 bridgehead atoms. The van der Waals surface area contributed by atoms with E-state index in [0.717, 1.165) is 28.7 Å².